The largest absolute Gasteiger partial charge is 0.383 e. The van der Waals surface area contributed by atoms with Crippen molar-refractivity contribution in [3.63, 3.8) is 0 Å². The number of fused-ring (bicyclic) bond motifs is 1. The lowest BCUT2D eigenvalue weighted by atomic mass is 9.72. The molecular formula is C13H23NO2. The monoisotopic (exact) mass is 225 g/mol. The molecule has 1 aliphatic heterocycles. The first-order valence-corrected chi connectivity index (χ1v) is 6.33. The number of likely N-dealkylation sites (tertiary alicyclic amines) is 1. The van der Waals surface area contributed by atoms with Gasteiger partial charge in [-0.3, -0.25) is 9.69 Å². The highest BCUT2D eigenvalue weighted by Gasteiger charge is 2.47. The summed E-state index contributed by atoms with van der Waals surface area (Å²) in [6.07, 6.45) is 5.41. The fourth-order valence-corrected chi connectivity index (χ4v) is 3.45. The Morgan fingerprint density at radius 2 is 2.12 bits per heavy atom. The third kappa shape index (κ3) is 1.91. The molecule has 0 bridgehead atoms. The van der Waals surface area contributed by atoms with E-state index in [1.165, 1.54) is 19.3 Å². The summed E-state index contributed by atoms with van der Waals surface area (Å²) in [4.78, 5) is 14.6. The van der Waals surface area contributed by atoms with Gasteiger partial charge in [-0.1, -0.05) is 12.8 Å². The van der Waals surface area contributed by atoms with Gasteiger partial charge in [0, 0.05) is 31.0 Å². The quantitative estimate of drug-likeness (QED) is 0.718. The van der Waals surface area contributed by atoms with Gasteiger partial charge in [0.2, 0.25) is 0 Å². The first kappa shape index (κ1) is 12.1. The predicted molar refractivity (Wildman–Crippen MR) is 63.4 cm³/mol. The van der Waals surface area contributed by atoms with Crippen LogP contribution in [0.2, 0.25) is 0 Å². The van der Waals surface area contributed by atoms with Crippen LogP contribution in [0.3, 0.4) is 0 Å². The first-order chi connectivity index (χ1) is 7.58. The lowest BCUT2D eigenvalue weighted by Gasteiger charge is -2.51. The summed E-state index contributed by atoms with van der Waals surface area (Å²) in [7, 11) is 3.88. The van der Waals surface area contributed by atoms with Gasteiger partial charge < -0.3 is 4.74 Å². The molecule has 2 aliphatic rings. The van der Waals surface area contributed by atoms with Crippen LogP contribution in [-0.2, 0) is 9.53 Å². The SMILES string of the molecule is COCC1(C)CC(=O)C2CCCCC2N1C. The van der Waals surface area contributed by atoms with Crippen molar-refractivity contribution in [2.75, 3.05) is 20.8 Å². The molecule has 2 fully saturated rings. The van der Waals surface area contributed by atoms with Crippen LogP contribution in [0.5, 0.6) is 0 Å². The van der Waals surface area contributed by atoms with Crippen molar-refractivity contribution >= 4 is 5.78 Å². The van der Waals surface area contributed by atoms with Crippen LogP contribution in [0.4, 0.5) is 0 Å². The minimum Gasteiger partial charge on any atom is -0.383 e. The lowest BCUT2D eigenvalue weighted by Crippen LogP contribution is -2.62. The number of nitrogens with zero attached hydrogens (tertiary/aromatic N) is 1. The van der Waals surface area contributed by atoms with Crippen LogP contribution in [0.15, 0.2) is 0 Å². The Morgan fingerprint density at radius 1 is 1.44 bits per heavy atom. The number of piperidine rings is 1. The molecule has 92 valence electrons. The number of methoxy groups -OCH3 is 1. The lowest BCUT2D eigenvalue weighted by molar-refractivity contribution is -0.141. The highest BCUT2D eigenvalue weighted by Crippen LogP contribution is 2.39. The molecule has 1 saturated carbocycles. The zero-order valence-electron chi connectivity index (χ0n) is 10.7. The van der Waals surface area contributed by atoms with E-state index in [0.717, 1.165) is 6.42 Å². The third-order valence-electron chi connectivity index (χ3n) is 4.50. The van der Waals surface area contributed by atoms with Crippen molar-refractivity contribution in [1.29, 1.82) is 0 Å². The van der Waals surface area contributed by atoms with E-state index in [9.17, 15) is 4.79 Å². The Bertz CT molecular complexity index is 279. The summed E-state index contributed by atoms with van der Waals surface area (Å²) < 4.78 is 5.29. The molecular weight excluding hydrogens is 202 g/mol. The maximum atomic E-state index is 12.2. The summed E-state index contributed by atoms with van der Waals surface area (Å²) in [5.74, 6) is 0.756. The fraction of sp³-hybridized carbons (Fsp3) is 0.923. The number of hydrogen-bond acceptors (Lipinski definition) is 3. The highest BCUT2D eigenvalue weighted by atomic mass is 16.5. The van der Waals surface area contributed by atoms with E-state index in [2.05, 4.69) is 18.9 Å². The number of ketones is 1. The molecule has 3 heteroatoms. The number of ether oxygens (including phenoxy) is 1. The van der Waals surface area contributed by atoms with Crippen molar-refractivity contribution < 1.29 is 9.53 Å². The molecule has 1 aliphatic carbocycles. The Labute approximate surface area is 98.1 Å². The van der Waals surface area contributed by atoms with Crippen LogP contribution in [0.1, 0.15) is 39.0 Å². The van der Waals surface area contributed by atoms with Gasteiger partial charge in [-0.2, -0.15) is 0 Å². The fourth-order valence-electron chi connectivity index (χ4n) is 3.45. The third-order valence-corrected chi connectivity index (χ3v) is 4.50. The van der Waals surface area contributed by atoms with Gasteiger partial charge >= 0.3 is 0 Å². The minimum absolute atomic E-state index is 0.0929. The average Bonchev–Trinajstić information content (AvgIpc) is 2.27. The van der Waals surface area contributed by atoms with Gasteiger partial charge in [0.25, 0.3) is 0 Å². The second-order valence-electron chi connectivity index (χ2n) is 5.64. The van der Waals surface area contributed by atoms with E-state index in [1.54, 1.807) is 7.11 Å². The average molecular weight is 225 g/mol. The first-order valence-electron chi connectivity index (χ1n) is 6.33. The second kappa shape index (κ2) is 4.46. The molecule has 0 aromatic carbocycles. The summed E-state index contributed by atoms with van der Waals surface area (Å²) in [5, 5.41) is 0. The maximum Gasteiger partial charge on any atom is 0.139 e. The molecule has 0 aromatic rings. The number of Topliss-reactive ketones (excluding diaryl/α,β-unsaturated/α-hetero) is 1. The van der Waals surface area contributed by atoms with E-state index < -0.39 is 0 Å². The van der Waals surface area contributed by atoms with E-state index in [0.29, 0.717) is 30.8 Å². The molecule has 0 aromatic heterocycles. The Kier molecular flexibility index (Phi) is 3.36. The molecule has 0 radical (unpaired) electrons. The zero-order valence-corrected chi connectivity index (χ0v) is 10.7. The summed E-state index contributed by atoms with van der Waals surface area (Å²) in [6, 6.07) is 0.454. The van der Waals surface area contributed by atoms with Gasteiger partial charge in [-0.05, 0) is 26.8 Å². The molecule has 16 heavy (non-hydrogen) atoms. The summed E-state index contributed by atoms with van der Waals surface area (Å²) >= 11 is 0. The summed E-state index contributed by atoms with van der Waals surface area (Å²) in [6.45, 7) is 2.80. The van der Waals surface area contributed by atoms with E-state index in [-0.39, 0.29) is 5.54 Å². The minimum atomic E-state index is -0.0929. The second-order valence-corrected chi connectivity index (χ2v) is 5.64. The number of carbonyl (C=O) groups excluding carboxylic acids is 1. The molecule has 3 nitrogen and oxygen atoms in total. The normalized spacial score (nSPS) is 40.8. The van der Waals surface area contributed by atoms with Gasteiger partial charge in [-0.15, -0.1) is 0 Å². The van der Waals surface area contributed by atoms with Crippen LogP contribution in [-0.4, -0.2) is 43.0 Å². The molecule has 2 rings (SSSR count). The molecule has 3 unspecified atom stereocenters. The molecule has 0 amide bonds. The summed E-state index contributed by atoms with van der Waals surface area (Å²) in [5.41, 5.74) is -0.0929. The van der Waals surface area contributed by atoms with E-state index >= 15 is 0 Å². The van der Waals surface area contributed by atoms with E-state index in [4.69, 9.17) is 4.74 Å². The topological polar surface area (TPSA) is 29.5 Å². The zero-order chi connectivity index (χ0) is 11.8. The molecule has 0 spiro atoms. The highest BCUT2D eigenvalue weighted by molar-refractivity contribution is 5.84. The van der Waals surface area contributed by atoms with Crippen molar-refractivity contribution in [1.82, 2.24) is 4.90 Å². The van der Waals surface area contributed by atoms with Crippen molar-refractivity contribution in [2.24, 2.45) is 5.92 Å². The Hall–Kier alpha value is -0.410. The van der Waals surface area contributed by atoms with Gasteiger partial charge in [0.05, 0.1) is 6.61 Å². The van der Waals surface area contributed by atoms with Crippen LogP contribution in [0.25, 0.3) is 0 Å². The van der Waals surface area contributed by atoms with Crippen molar-refractivity contribution in [2.45, 2.75) is 50.6 Å². The van der Waals surface area contributed by atoms with E-state index in [1.807, 2.05) is 0 Å². The Morgan fingerprint density at radius 3 is 2.81 bits per heavy atom. The van der Waals surface area contributed by atoms with Crippen molar-refractivity contribution in [3.8, 4) is 0 Å². The van der Waals surface area contributed by atoms with Gasteiger partial charge in [0.1, 0.15) is 5.78 Å². The molecule has 1 saturated heterocycles. The number of hydrogen-bond donors (Lipinski definition) is 0. The molecule has 3 atom stereocenters. The number of carbonyl (C=O) groups is 1. The van der Waals surface area contributed by atoms with Crippen LogP contribution in [0, 0.1) is 5.92 Å². The Balaban J connectivity index is 2.18. The van der Waals surface area contributed by atoms with Crippen LogP contribution >= 0.6 is 0 Å². The number of rotatable bonds is 2. The standard InChI is InChI=1S/C13H23NO2/c1-13(9-16-3)8-12(15)10-6-4-5-7-11(10)14(13)2/h10-11H,4-9H2,1-3H3. The smallest absolute Gasteiger partial charge is 0.139 e. The van der Waals surface area contributed by atoms with Gasteiger partial charge in [0.15, 0.2) is 0 Å². The van der Waals surface area contributed by atoms with Crippen LogP contribution < -0.4 is 0 Å². The number of likely N-dealkylation sites (N-methyl/N-ethyl adjacent to an activating group) is 1. The molecule has 1 heterocycles. The predicted octanol–water partition coefficient (Wildman–Crippen LogP) is 1.85. The molecule has 0 N–H and O–H groups in total. The van der Waals surface area contributed by atoms with Crippen molar-refractivity contribution in [3.05, 3.63) is 0 Å². The maximum absolute atomic E-state index is 12.2. The van der Waals surface area contributed by atoms with Gasteiger partial charge in [-0.25, -0.2) is 0 Å².